The average molecular weight is 999 g/mol. The molecule has 3 heteroatoms. The Morgan fingerprint density at radius 1 is 0.346 bits per heavy atom. The molecule has 0 spiro atoms. The number of hydrogen-bond acceptors (Lipinski definition) is 3. The van der Waals surface area contributed by atoms with Crippen LogP contribution in [-0.4, -0.2) is 0 Å². The number of para-hydroxylation sites is 2. The molecular formula is C75H54N2O. The lowest BCUT2D eigenvalue weighted by atomic mass is 9.66. The number of fused-ring (bicyclic) bond motifs is 7. The standard InChI is InChI=1S/C75H54N2O/c1-3-25-62-63-38-17-21-42-70(63)75(68(62)4-2,54-30-13-7-14-31-54)55-32-23-35-57(48-55)77(61-44-46-65-64-39-18-20-41-69(64)74(71(65)51-61,52-26-9-5-10-27-52)53-28-11-6-12-29-53)59-37-24-36-58(49-59)76(56-33-15-8-16-34-56)60-45-47-73-67(50-60)66-40-19-22-43-72(66)78-73/h3-51H,2H2,1H3/b25-3-. The summed E-state index contributed by atoms with van der Waals surface area (Å²) >= 11 is 0. The van der Waals surface area contributed by atoms with Gasteiger partial charge in [0.15, 0.2) is 0 Å². The van der Waals surface area contributed by atoms with Gasteiger partial charge in [0.05, 0.1) is 10.8 Å². The van der Waals surface area contributed by atoms with Crippen LogP contribution in [0.1, 0.15) is 51.4 Å². The first kappa shape index (κ1) is 46.6. The molecular weight excluding hydrogens is 945 g/mol. The normalized spacial score (nSPS) is 15.1. The zero-order valence-electron chi connectivity index (χ0n) is 43.3. The Kier molecular flexibility index (Phi) is 11.3. The topological polar surface area (TPSA) is 19.6 Å². The molecule has 1 atom stereocenters. The maximum Gasteiger partial charge on any atom is 0.135 e. The summed E-state index contributed by atoms with van der Waals surface area (Å²) in [5.41, 5.74) is 21.2. The minimum absolute atomic E-state index is 0.600. The van der Waals surface area contributed by atoms with Gasteiger partial charge >= 0.3 is 0 Å². The van der Waals surface area contributed by atoms with E-state index in [-0.39, 0.29) is 0 Å². The van der Waals surface area contributed by atoms with E-state index in [9.17, 15) is 0 Å². The quantitative estimate of drug-likeness (QED) is 0.122. The monoisotopic (exact) mass is 998 g/mol. The van der Waals surface area contributed by atoms with Gasteiger partial charge in [0.1, 0.15) is 11.2 Å². The van der Waals surface area contributed by atoms with Gasteiger partial charge < -0.3 is 14.2 Å². The Morgan fingerprint density at radius 3 is 1.47 bits per heavy atom. The summed E-state index contributed by atoms with van der Waals surface area (Å²) in [4.78, 5) is 4.83. The number of furan rings is 1. The average Bonchev–Trinajstić information content (AvgIpc) is 4.32. The molecule has 0 bridgehead atoms. The van der Waals surface area contributed by atoms with Crippen LogP contribution in [0.4, 0.5) is 34.1 Å². The molecule has 3 nitrogen and oxygen atoms in total. The van der Waals surface area contributed by atoms with Crippen LogP contribution in [0.25, 0.3) is 38.6 Å². The zero-order valence-corrected chi connectivity index (χ0v) is 43.3. The number of nitrogens with zero attached hydrogens (tertiary/aromatic N) is 2. The third-order valence-electron chi connectivity index (χ3n) is 16.3. The van der Waals surface area contributed by atoms with Crippen LogP contribution in [-0.2, 0) is 10.8 Å². The predicted octanol–water partition coefficient (Wildman–Crippen LogP) is 19.8. The first-order chi connectivity index (χ1) is 38.6. The highest BCUT2D eigenvalue weighted by atomic mass is 16.3. The molecule has 12 aromatic rings. The van der Waals surface area contributed by atoms with Crippen LogP contribution in [0.3, 0.4) is 0 Å². The van der Waals surface area contributed by atoms with Crippen LogP contribution in [0.2, 0.25) is 0 Å². The van der Waals surface area contributed by atoms with Crippen molar-refractivity contribution in [2.24, 2.45) is 0 Å². The summed E-state index contributed by atoms with van der Waals surface area (Å²) in [7, 11) is 0. The van der Waals surface area contributed by atoms with Gasteiger partial charge in [-0.3, -0.25) is 0 Å². The van der Waals surface area contributed by atoms with Crippen LogP contribution in [0.15, 0.2) is 314 Å². The summed E-state index contributed by atoms with van der Waals surface area (Å²) < 4.78 is 6.37. The molecule has 0 saturated carbocycles. The number of benzene rings is 11. The van der Waals surface area contributed by atoms with Crippen molar-refractivity contribution in [1.82, 2.24) is 0 Å². The Labute approximate surface area is 456 Å². The van der Waals surface area contributed by atoms with E-state index in [4.69, 9.17) is 4.42 Å². The van der Waals surface area contributed by atoms with Crippen molar-refractivity contribution < 1.29 is 4.42 Å². The van der Waals surface area contributed by atoms with Gasteiger partial charge in [-0.1, -0.05) is 225 Å². The van der Waals surface area contributed by atoms with Gasteiger partial charge in [0.25, 0.3) is 0 Å². The lowest BCUT2D eigenvalue weighted by Crippen LogP contribution is -2.29. The molecule has 0 aliphatic heterocycles. The fraction of sp³-hybridized carbons (Fsp3) is 0.0400. The molecule has 1 heterocycles. The Morgan fingerprint density at radius 2 is 0.808 bits per heavy atom. The maximum absolute atomic E-state index is 6.37. The first-order valence-corrected chi connectivity index (χ1v) is 26.9. The molecule has 0 radical (unpaired) electrons. The third kappa shape index (κ3) is 7.12. The molecule has 1 unspecified atom stereocenters. The second kappa shape index (κ2) is 19.0. The van der Waals surface area contributed by atoms with Crippen LogP contribution in [0.5, 0.6) is 0 Å². The first-order valence-electron chi connectivity index (χ1n) is 26.9. The van der Waals surface area contributed by atoms with E-state index in [1.807, 2.05) is 12.1 Å². The van der Waals surface area contributed by atoms with Gasteiger partial charge in [0.2, 0.25) is 0 Å². The van der Waals surface area contributed by atoms with E-state index < -0.39 is 10.8 Å². The largest absolute Gasteiger partial charge is 0.456 e. The molecule has 2 aliphatic rings. The minimum Gasteiger partial charge on any atom is -0.456 e. The summed E-state index contributed by atoms with van der Waals surface area (Å²) in [6.45, 7) is 6.66. The molecule has 2 aliphatic carbocycles. The van der Waals surface area contributed by atoms with Gasteiger partial charge in [-0.25, -0.2) is 0 Å². The van der Waals surface area contributed by atoms with E-state index in [1.54, 1.807) is 0 Å². The van der Waals surface area contributed by atoms with Crippen molar-refractivity contribution in [2.45, 2.75) is 17.8 Å². The van der Waals surface area contributed by atoms with Gasteiger partial charge in [-0.2, -0.15) is 0 Å². The molecule has 0 fully saturated rings. The lowest BCUT2D eigenvalue weighted by molar-refractivity contribution is 0.669. The second-order valence-electron chi connectivity index (χ2n) is 20.3. The predicted molar refractivity (Wildman–Crippen MR) is 325 cm³/mol. The minimum atomic E-state index is -0.673. The van der Waals surface area contributed by atoms with Crippen LogP contribution >= 0.6 is 0 Å². The van der Waals surface area contributed by atoms with E-state index >= 15 is 0 Å². The van der Waals surface area contributed by atoms with E-state index in [2.05, 4.69) is 308 Å². The summed E-state index contributed by atoms with van der Waals surface area (Å²) in [5, 5.41) is 2.16. The van der Waals surface area contributed by atoms with Crippen molar-refractivity contribution in [2.75, 3.05) is 9.80 Å². The molecule has 370 valence electrons. The van der Waals surface area contributed by atoms with Crippen LogP contribution < -0.4 is 9.80 Å². The SMILES string of the molecule is C=CC1=C(/C=C\C)c2ccccc2C1(c1ccccc1)c1cccc(N(c2cccc(N(c3ccccc3)c3ccc4oc5ccccc5c4c3)c2)c2ccc3c(c2)C(c2ccccc2)(c2ccccc2)c2ccccc2-3)c1. The van der Waals surface area contributed by atoms with Crippen molar-refractivity contribution >= 4 is 61.6 Å². The molecule has 78 heavy (non-hydrogen) atoms. The number of allylic oxidation sites excluding steroid dienone is 5. The van der Waals surface area contributed by atoms with Crippen molar-refractivity contribution in [3.8, 4) is 11.1 Å². The molecule has 0 amide bonds. The number of rotatable bonds is 12. The second-order valence-corrected chi connectivity index (χ2v) is 20.3. The molecule has 14 rings (SSSR count). The summed E-state index contributed by atoms with van der Waals surface area (Å²) in [6.07, 6.45) is 6.48. The fourth-order valence-electron chi connectivity index (χ4n) is 13.2. The van der Waals surface area contributed by atoms with Gasteiger partial charge in [-0.05, 0) is 153 Å². The van der Waals surface area contributed by atoms with Crippen molar-refractivity contribution in [3.63, 3.8) is 0 Å². The third-order valence-corrected chi connectivity index (χ3v) is 16.3. The van der Waals surface area contributed by atoms with E-state index in [1.165, 1.54) is 55.6 Å². The molecule has 11 aromatic carbocycles. The lowest BCUT2D eigenvalue weighted by Gasteiger charge is -2.36. The molecule has 1 aromatic heterocycles. The summed E-state index contributed by atoms with van der Waals surface area (Å²) in [6, 6.07) is 102. The van der Waals surface area contributed by atoms with Crippen LogP contribution in [0, 0.1) is 0 Å². The smallest absolute Gasteiger partial charge is 0.135 e. The van der Waals surface area contributed by atoms with E-state index in [0.29, 0.717) is 0 Å². The highest BCUT2D eigenvalue weighted by Crippen LogP contribution is 2.59. The highest BCUT2D eigenvalue weighted by molar-refractivity contribution is 6.06. The van der Waals surface area contributed by atoms with Crippen molar-refractivity contribution in [1.29, 1.82) is 0 Å². The van der Waals surface area contributed by atoms with Gasteiger partial charge in [-0.15, -0.1) is 0 Å². The summed E-state index contributed by atoms with van der Waals surface area (Å²) in [5.74, 6) is 0. The number of hydrogen-bond donors (Lipinski definition) is 0. The zero-order chi connectivity index (χ0) is 52.2. The highest BCUT2D eigenvalue weighted by Gasteiger charge is 2.48. The molecule has 0 N–H and O–H groups in total. The van der Waals surface area contributed by atoms with Gasteiger partial charge in [0, 0.05) is 44.9 Å². The number of anilines is 6. The Bertz CT molecular complexity index is 4260. The van der Waals surface area contributed by atoms with Crippen molar-refractivity contribution in [3.05, 3.63) is 354 Å². The molecule has 0 saturated heterocycles. The Balaban J connectivity index is 1.03. The maximum atomic E-state index is 6.37. The van der Waals surface area contributed by atoms with E-state index in [0.717, 1.165) is 67.2 Å². The Hall–Kier alpha value is -9.96. The fourth-order valence-corrected chi connectivity index (χ4v) is 13.2.